The van der Waals surface area contributed by atoms with E-state index in [4.69, 9.17) is 9.47 Å². The summed E-state index contributed by atoms with van der Waals surface area (Å²) in [5, 5.41) is 0. The maximum Gasteiger partial charge on any atom is 0.0594 e. The van der Waals surface area contributed by atoms with E-state index in [2.05, 4.69) is 4.90 Å². The van der Waals surface area contributed by atoms with E-state index in [1.165, 1.54) is 19.3 Å². The van der Waals surface area contributed by atoms with Crippen molar-refractivity contribution >= 4 is 0 Å². The predicted molar refractivity (Wildman–Crippen MR) is 50.9 cm³/mol. The first-order chi connectivity index (χ1) is 6.47. The fourth-order valence-corrected chi connectivity index (χ4v) is 2.19. The highest BCUT2D eigenvalue weighted by Crippen LogP contribution is 2.16. The maximum absolute atomic E-state index is 5.46. The molecule has 13 heavy (non-hydrogen) atoms. The van der Waals surface area contributed by atoms with Crippen molar-refractivity contribution in [2.75, 3.05) is 39.5 Å². The van der Waals surface area contributed by atoms with Gasteiger partial charge in [0, 0.05) is 32.3 Å². The molecule has 2 aliphatic heterocycles. The molecule has 0 aromatic rings. The number of hydrogen-bond acceptors (Lipinski definition) is 3. The van der Waals surface area contributed by atoms with Crippen molar-refractivity contribution in [2.45, 2.75) is 25.3 Å². The second-order valence-corrected chi connectivity index (χ2v) is 3.85. The Kier molecular flexibility index (Phi) is 3.58. The van der Waals surface area contributed by atoms with Gasteiger partial charge in [0.1, 0.15) is 0 Å². The molecule has 1 unspecified atom stereocenters. The van der Waals surface area contributed by atoms with Gasteiger partial charge in [-0.3, -0.25) is 4.90 Å². The topological polar surface area (TPSA) is 21.7 Å². The molecule has 0 amide bonds. The first-order valence-corrected chi connectivity index (χ1v) is 5.36. The Bertz CT molecular complexity index is 138. The Labute approximate surface area is 80.0 Å². The summed E-state index contributed by atoms with van der Waals surface area (Å²) in [6.45, 7) is 5.97. The molecule has 0 N–H and O–H groups in total. The van der Waals surface area contributed by atoms with E-state index in [-0.39, 0.29) is 0 Å². The normalized spacial score (nSPS) is 32.8. The van der Waals surface area contributed by atoms with Crippen molar-refractivity contribution in [1.82, 2.24) is 4.90 Å². The average Bonchev–Trinajstić information content (AvgIpc) is 2.47. The lowest BCUT2D eigenvalue weighted by Crippen LogP contribution is -2.43. The van der Waals surface area contributed by atoms with Crippen LogP contribution in [-0.4, -0.2) is 50.5 Å². The van der Waals surface area contributed by atoms with Gasteiger partial charge in [-0.25, -0.2) is 0 Å². The number of morpholine rings is 1. The number of ether oxygens (including phenoxy) is 2. The van der Waals surface area contributed by atoms with Crippen LogP contribution >= 0.6 is 0 Å². The molecule has 0 saturated carbocycles. The summed E-state index contributed by atoms with van der Waals surface area (Å²) >= 11 is 0. The van der Waals surface area contributed by atoms with E-state index in [1.54, 1.807) is 0 Å². The first kappa shape index (κ1) is 9.44. The second-order valence-electron chi connectivity index (χ2n) is 3.85. The minimum Gasteiger partial charge on any atom is -0.381 e. The van der Waals surface area contributed by atoms with Crippen LogP contribution in [0.2, 0.25) is 0 Å². The third-order valence-corrected chi connectivity index (χ3v) is 2.98. The molecule has 0 radical (unpaired) electrons. The lowest BCUT2D eigenvalue weighted by molar-refractivity contribution is 0.0121. The molecule has 0 aromatic carbocycles. The zero-order valence-corrected chi connectivity index (χ0v) is 8.21. The summed E-state index contributed by atoms with van der Waals surface area (Å²) in [6.07, 6.45) is 3.74. The van der Waals surface area contributed by atoms with Gasteiger partial charge < -0.3 is 9.47 Å². The van der Waals surface area contributed by atoms with E-state index < -0.39 is 0 Å². The summed E-state index contributed by atoms with van der Waals surface area (Å²) < 4.78 is 10.8. The van der Waals surface area contributed by atoms with Gasteiger partial charge in [-0.2, -0.15) is 0 Å². The van der Waals surface area contributed by atoms with Gasteiger partial charge in [0.2, 0.25) is 0 Å². The predicted octanol–water partition coefficient (Wildman–Crippen LogP) is 0.888. The third-order valence-electron chi connectivity index (χ3n) is 2.98. The molecule has 0 aromatic heterocycles. The zero-order valence-electron chi connectivity index (χ0n) is 8.21. The van der Waals surface area contributed by atoms with Gasteiger partial charge >= 0.3 is 0 Å². The molecule has 0 bridgehead atoms. The molecule has 1 atom stereocenters. The minimum atomic E-state index is 0.756. The number of hydrogen-bond donors (Lipinski definition) is 0. The Morgan fingerprint density at radius 3 is 2.46 bits per heavy atom. The van der Waals surface area contributed by atoms with E-state index in [1.807, 2.05) is 0 Å². The van der Waals surface area contributed by atoms with E-state index >= 15 is 0 Å². The van der Waals surface area contributed by atoms with Crippen LogP contribution in [0.25, 0.3) is 0 Å². The molecular weight excluding hydrogens is 166 g/mol. The van der Waals surface area contributed by atoms with E-state index in [0.717, 1.165) is 45.6 Å². The van der Waals surface area contributed by atoms with Crippen LogP contribution < -0.4 is 0 Å². The van der Waals surface area contributed by atoms with Crippen molar-refractivity contribution in [2.24, 2.45) is 0 Å². The molecule has 3 nitrogen and oxygen atoms in total. The highest BCUT2D eigenvalue weighted by Gasteiger charge is 2.21. The highest BCUT2D eigenvalue weighted by molar-refractivity contribution is 4.75. The van der Waals surface area contributed by atoms with Crippen LogP contribution in [0.1, 0.15) is 19.3 Å². The standard InChI is InChI=1S/C10H19NO2/c1-2-10(3-7-12-6-1)11-4-8-13-9-5-11/h10H,1-9H2. The van der Waals surface area contributed by atoms with Crippen molar-refractivity contribution in [3.05, 3.63) is 0 Å². The van der Waals surface area contributed by atoms with Gasteiger partial charge in [0.25, 0.3) is 0 Å². The van der Waals surface area contributed by atoms with Crippen LogP contribution in [0.3, 0.4) is 0 Å². The average molecular weight is 185 g/mol. The molecule has 76 valence electrons. The third kappa shape index (κ3) is 2.66. The van der Waals surface area contributed by atoms with E-state index in [0.29, 0.717) is 0 Å². The summed E-state index contributed by atoms with van der Waals surface area (Å²) in [5.41, 5.74) is 0. The summed E-state index contributed by atoms with van der Waals surface area (Å²) in [7, 11) is 0. The van der Waals surface area contributed by atoms with Crippen LogP contribution in [0, 0.1) is 0 Å². The quantitative estimate of drug-likeness (QED) is 0.605. The largest absolute Gasteiger partial charge is 0.381 e. The Morgan fingerprint density at radius 1 is 0.846 bits per heavy atom. The fourth-order valence-electron chi connectivity index (χ4n) is 2.19. The molecule has 2 rings (SSSR count). The van der Waals surface area contributed by atoms with Gasteiger partial charge in [-0.1, -0.05) is 0 Å². The molecule has 2 fully saturated rings. The molecule has 2 heterocycles. The van der Waals surface area contributed by atoms with Crippen molar-refractivity contribution < 1.29 is 9.47 Å². The molecule has 2 saturated heterocycles. The van der Waals surface area contributed by atoms with Crippen molar-refractivity contribution in [1.29, 1.82) is 0 Å². The Morgan fingerprint density at radius 2 is 1.62 bits per heavy atom. The molecule has 2 aliphatic rings. The van der Waals surface area contributed by atoms with Gasteiger partial charge in [0.05, 0.1) is 13.2 Å². The van der Waals surface area contributed by atoms with Gasteiger partial charge in [-0.15, -0.1) is 0 Å². The zero-order chi connectivity index (χ0) is 8.93. The summed E-state index contributed by atoms with van der Waals surface area (Å²) in [4.78, 5) is 2.57. The Balaban J connectivity index is 1.82. The molecule has 3 heteroatoms. The van der Waals surface area contributed by atoms with Crippen LogP contribution in [-0.2, 0) is 9.47 Å². The van der Waals surface area contributed by atoms with Crippen LogP contribution in [0.5, 0.6) is 0 Å². The van der Waals surface area contributed by atoms with Crippen LogP contribution in [0.4, 0.5) is 0 Å². The van der Waals surface area contributed by atoms with Crippen molar-refractivity contribution in [3.63, 3.8) is 0 Å². The van der Waals surface area contributed by atoms with Gasteiger partial charge in [0.15, 0.2) is 0 Å². The highest BCUT2D eigenvalue weighted by atomic mass is 16.5. The van der Waals surface area contributed by atoms with Crippen LogP contribution in [0.15, 0.2) is 0 Å². The SMILES string of the molecule is C1COCCC(N2CCOCC2)C1. The monoisotopic (exact) mass is 185 g/mol. The lowest BCUT2D eigenvalue weighted by Gasteiger charge is -2.33. The molecule has 0 spiro atoms. The molecule has 0 aliphatic carbocycles. The lowest BCUT2D eigenvalue weighted by atomic mass is 10.1. The van der Waals surface area contributed by atoms with E-state index in [9.17, 15) is 0 Å². The smallest absolute Gasteiger partial charge is 0.0594 e. The first-order valence-electron chi connectivity index (χ1n) is 5.36. The number of rotatable bonds is 1. The summed E-state index contributed by atoms with van der Waals surface area (Å²) in [6, 6.07) is 0.756. The maximum atomic E-state index is 5.46. The van der Waals surface area contributed by atoms with Crippen molar-refractivity contribution in [3.8, 4) is 0 Å². The van der Waals surface area contributed by atoms with Gasteiger partial charge in [-0.05, 0) is 19.3 Å². The number of nitrogens with zero attached hydrogens (tertiary/aromatic N) is 1. The fraction of sp³-hybridized carbons (Fsp3) is 1.00. The minimum absolute atomic E-state index is 0.756. The summed E-state index contributed by atoms with van der Waals surface area (Å²) in [5.74, 6) is 0. The Hall–Kier alpha value is -0.120. The molecular formula is C10H19NO2. The second kappa shape index (κ2) is 4.94.